The second-order valence-corrected chi connectivity index (χ2v) is 33.1. The van der Waals surface area contributed by atoms with Crippen molar-refractivity contribution in [2.24, 2.45) is 0 Å². The molecule has 0 N–H and O–H groups in total. The molecule has 0 fully saturated rings. The van der Waals surface area contributed by atoms with Crippen LogP contribution < -0.4 is 14.7 Å². The molecule has 26 rings (SSSR count). The molecular formula is C128H95Ir6N12OPt-11. The Morgan fingerprint density at radius 2 is 0.757 bits per heavy atom. The van der Waals surface area contributed by atoms with Crippen molar-refractivity contribution in [3.63, 3.8) is 0 Å². The Morgan fingerprint density at radius 3 is 1.25 bits per heavy atom. The first-order valence-corrected chi connectivity index (χ1v) is 46.3. The van der Waals surface area contributed by atoms with Crippen molar-refractivity contribution in [1.82, 2.24) is 44.6 Å². The van der Waals surface area contributed by atoms with Crippen molar-refractivity contribution in [3.05, 3.63) is 572 Å². The number of nitrogens with zero attached hydrogens (tertiary/aromatic N) is 12. The van der Waals surface area contributed by atoms with Crippen molar-refractivity contribution in [2.75, 3.05) is 28.8 Å². The fourth-order valence-electron chi connectivity index (χ4n) is 16.5. The monoisotopic (exact) mass is 3170 g/mol. The van der Waals surface area contributed by atoms with Gasteiger partial charge in [0, 0.05) is 214 Å². The summed E-state index contributed by atoms with van der Waals surface area (Å²) in [6, 6.07) is 172. The first-order valence-electron chi connectivity index (χ1n) is 46.3. The van der Waals surface area contributed by atoms with Gasteiger partial charge in [-0.25, -0.2) is 0 Å². The topological polar surface area (TPSA) is 121 Å². The van der Waals surface area contributed by atoms with E-state index in [0.717, 1.165) is 107 Å². The van der Waals surface area contributed by atoms with Crippen molar-refractivity contribution >= 4 is 66.2 Å². The largest absolute Gasteiger partial charge is 0.514 e. The number of furan rings is 1. The molecule has 15 aromatic carbocycles. The third kappa shape index (κ3) is 29.4. The fourth-order valence-corrected chi connectivity index (χ4v) is 16.5. The van der Waals surface area contributed by atoms with Gasteiger partial charge in [-0.1, -0.05) is 212 Å². The Hall–Kier alpha value is -13.7. The third-order valence-electron chi connectivity index (χ3n) is 23.4. The summed E-state index contributed by atoms with van der Waals surface area (Å²) in [6.07, 6.45) is 18.6. The molecule has 8 aromatic heterocycles. The Kier molecular flexibility index (Phi) is 45.0. The summed E-state index contributed by atoms with van der Waals surface area (Å²) >= 11 is 0. The van der Waals surface area contributed by atoms with E-state index in [0.29, 0.717) is 0 Å². The molecule has 23 aromatic rings. The number of anilines is 4. The van der Waals surface area contributed by atoms with Gasteiger partial charge in [-0.15, -0.1) is 238 Å². The van der Waals surface area contributed by atoms with Crippen LogP contribution in [0.2, 0.25) is 0 Å². The van der Waals surface area contributed by atoms with Crippen molar-refractivity contribution in [1.29, 1.82) is 0 Å². The third-order valence-corrected chi connectivity index (χ3v) is 23.4. The summed E-state index contributed by atoms with van der Waals surface area (Å²) in [5.41, 5.74) is 27.1. The zero-order valence-electron chi connectivity index (χ0n) is 80.5. The summed E-state index contributed by atoms with van der Waals surface area (Å²) in [5.74, 6) is 0. The van der Waals surface area contributed by atoms with E-state index >= 15 is 0 Å². The second kappa shape index (κ2) is 58.1. The van der Waals surface area contributed by atoms with Crippen LogP contribution in [0.1, 0.15) is 25.0 Å². The van der Waals surface area contributed by atoms with E-state index in [9.17, 15) is 0 Å². The van der Waals surface area contributed by atoms with Gasteiger partial charge in [-0.2, -0.15) is 79.1 Å². The molecule has 6 radical (unpaired) electrons. The first-order chi connectivity index (χ1) is 69.6. The van der Waals surface area contributed by atoms with Crippen LogP contribution in [0.15, 0.2) is 497 Å². The van der Waals surface area contributed by atoms with Crippen LogP contribution in [0.5, 0.6) is 0 Å². The molecule has 748 valence electrons. The smallest absolute Gasteiger partial charge is 0.116 e. The molecule has 0 amide bonds. The standard InChI is InChI=1S/C18H15N2.C17H12N.C16H12N2O.2C15H10N.C14H12N2.3C11H8N.6Ir.Pt/c1-18(2)16-7-4-3-6-14(16)15-9-8-13(12-17(15)18)20-11-5-10-19-20;1-2-7-14(8-3-1)15-9-6-10-16(13-15)17-11-4-5-12-18-17;1-17-9-10-18(11-17)14-7-4-6-13-12-5-2-3-8-15(12)19-16(13)14;2*1-2-7-13(8-3-1)15-14-9-5-4-6-12(14)10-11-16-15;1-15-11-16(12-7-3-2-4-8-12)14-10-6-5-9-13(14)15;3*1-2-6-10(7-3-1)11-8-4-5-9-12-11;;;;;;;/h3-7,9-12H,1-2H3;1-9,11-13H;2-6,8-11H,1H3;2*1-7,9-11H;2-7,9-11H,1H3;3*1-6,8-9H;;;;;;;/q2*-1;-2;2*-1;-2;3*-1;;;;;;;. The Morgan fingerprint density at radius 1 is 0.304 bits per heavy atom. The number of aromatic nitrogens is 8. The summed E-state index contributed by atoms with van der Waals surface area (Å²) in [6.45, 7) is 8.64. The predicted molar refractivity (Wildman–Crippen MR) is 574 cm³/mol. The molecule has 1 aliphatic carbocycles. The van der Waals surface area contributed by atoms with Gasteiger partial charge in [0.2, 0.25) is 0 Å². The first kappa shape index (κ1) is 115. The van der Waals surface area contributed by atoms with Crippen LogP contribution in [0, 0.1) is 67.9 Å². The van der Waals surface area contributed by atoms with E-state index in [2.05, 4.69) is 248 Å². The maximum atomic E-state index is 5.99. The summed E-state index contributed by atoms with van der Waals surface area (Å²) < 4.78 is 7.85. The van der Waals surface area contributed by atoms with E-state index in [4.69, 9.17) is 4.42 Å². The van der Waals surface area contributed by atoms with Gasteiger partial charge in [0.1, 0.15) is 5.58 Å². The molecule has 0 bridgehead atoms. The Bertz CT molecular complexity index is 7470. The van der Waals surface area contributed by atoms with E-state index in [1.54, 1.807) is 31.0 Å². The molecule has 0 saturated carbocycles. The van der Waals surface area contributed by atoms with Crippen molar-refractivity contribution < 1.29 is 146 Å². The second-order valence-electron chi connectivity index (χ2n) is 33.1. The number of hydrogen-bond acceptors (Lipinski definition) is 12. The number of fused-ring (bicyclic) bond motifs is 9. The average Bonchev–Trinajstić information content (AvgIpc) is 1.58. The predicted octanol–water partition coefficient (Wildman–Crippen LogP) is 30.1. The minimum Gasteiger partial charge on any atom is -0.514 e. The van der Waals surface area contributed by atoms with Crippen LogP contribution in [0.4, 0.5) is 22.7 Å². The minimum absolute atomic E-state index is 0. The van der Waals surface area contributed by atoms with Gasteiger partial charge in [-0.3, -0.25) is 4.68 Å². The summed E-state index contributed by atoms with van der Waals surface area (Å²) in [7, 11) is 4.05. The zero-order valence-corrected chi connectivity index (χ0v) is 97.2. The molecular weight excluding hydrogens is 3070 g/mol. The van der Waals surface area contributed by atoms with Crippen LogP contribution in [0.25, 0.3) is 139 Å². The zero-order chi connectivity index (χ0) is 96.0. The quantitative estimate of drug-likeness (QED) is 0.121. The molecule has 20 heteroatoms. The minimum atomic E-state index is 0. The molecule has 13 nitrogen and oxygen atoms in total. The van der Waals surface area contributed by atoms with Gasteiger partial charge in [-0.05, 0) is 165 Å². The van der Waals surface area contributed by atoms with Gasteiger partial charge < -0.3 is 53.9 Å². The number of hydrogen-bond donors (Lipinski definition) is 0. The molecule has 0 atom stereocenters. The Balaban J connectivity index is 0.000000158. The molecule has 0 unspecified atom stereocenters. The van der Waals surface area contributed by atoms with Crippen LogP contribution in [0.3, 0.4) is 0 Å². The maximum Gasteiger partial charge on any atom is 0.116 e. The molecule has 3 aliphatic rings. The summed E-state index contributed by atoms with van der Waals surface area (Å²) in [5, 5.41) is 11.3. The van der Waals surface area contributed by atoms with Crippen LogP contribution in [-0.2, 0) is 147 Å². The fraction of sp³-hybridized carbons (Fsp3) is 0.0391. The van der Waals surface area contributed by atoms with Crippen LogP contribution in [-0.4, -0.2) is 58.7 Å². The average molecular weight is 3170 g/mol. The van der Waals surface area contributed by atoms with E-state index in [1.807, 2.05) is 369 Å². The summed E-state index contributed by atoms with van der Waals surface area (Å²) in [4.78, 5) is 34.2. The van der Waals surface area contributed by atoms with Gasteiger partial charge in [0.05, 0.1) is 0 Å². The number of benzene rings is 15. The normalized spacial score (nSPS) is 11.3. The number of para-hydroxylation sites is 4. The number of rotatable bonds is 10. The molecule has 10 heterocycles. The van der Waals surface area contributed by atoms with Gasteiger partial charge in [0.15, 0.2) is 0 Å². The molecule has 2 aliphatic heterocycles. The van der Waals surface area contributed by atoms with E-state index < -0.39 is 0 Å². The van der Waals surface area contributed by atoms with E-state index in [1.165, 1.54) is 66.3 Å². The maximum absolute atomic E-state index is 5.99. The Labute approximate surface area is 962 Å². The van der Waals surface area contributed by atoms with Crippen molar-refractivity contribution in [3.8, 4) is 95.5 Å². The van der Waals surface area contributed by atoms with E-state index in [-0.39, 0.29) is 147 Å². The molecule has 0 saturated heterocycles. The molecule has 0 spiro atoms. The molecule has 148 heavy (non-hydrogen) atoms. The van der Waals surface area contributed by atoms with Crippen LogP contribution >= 0.6 is 0 Å². The van der Waals surface area contributed by atoms with Gasteiger partial charge >= 0.3 is 0 Å². The van der Waals surface area contributed by atoms with Gasteiger partial charge in [0.25, 0.3) is 0 Å². The number of pyridine rings is 6. The SMILES string of the molecule is CC1(C)c2ccccc2-c2c[c-]c(-n3cccn3)cc21.CN1C=CN(c2[c-]ccc3c2oc2ccccc23)[CH-]1.CN1[CH-]N(c2[c-]cccc2)c2ccccc21.[Ir].[Ir].[Ir].[Ir].[Ir].[Ir].[Pt].[c-]1ccc(-c2ccccc2)cc1-c1ccccn1.[c-]1ccccc1-c1ccccn1.[c-]1ccccc1-c1ccccn1.[c-]1ccccc1-c1ccccn1.[c-]1ccccc1-c1nccc2ccccc12.[c-]1ccccc1-c1nccc2ccccc12. The van der Waals surface area contributed by atoms with Crippen molar-refractivity contribution in [2.45, 2.75) is 19.3 Å².